The molecular formula is C17H24N4O6S2. The molecule has 1 aliphatic heterocycles. The zero-order chi connectivity index (χ0) is 21.4. The van der Waals surface area contributed by atoms with Crippen molar-refractivity contribution in [3.63, 3.8) is 0 Å². The number of hydrogen-bond donors (Lipinski definition) is 0. The smallest absolute Gasteiger partial charge is 0.246 e. The molecule has 0 unspecified atom stereocenters. The van der Waals surface area contributed by atoms with Gasteiger partial charge in [0.25, 0.3) is 0 Å². The average Bonchev–Trinajstić information content (AvgIpc) is 3.06. The number of ether oxygens (including phenoxy) is 2. The van der Waals surface area contributed by atoms with Crippen LogP contribution in [0.5, 0.6) is 11.5 Å². The molecule has 0 atom stereocenters. The SMILES string of the molecule is COc1ccc(S(=O)(=O)N2CCN(S(=O)(=O)c3cnn(C)c3C)CC2)cc1OC. The molecule has 29 heavy (non-hydrogen) atoms. The first-order valence-corrected chi connectivity index (χ1v) is 11.7. The molecule has 0 aliphatic carbocycles. The number of piperazine rings is 1. The van der Waals surface area contributed by atoms with Gasteiger partial charge in [-0.05, 0) is 19.1 Å². The quantitative estimate of drug-likeness (QED) is 0.636. The summed E-state index contributed by atoms with van der Waals surface area (Å²) in [5.74, 6) is 0.732. The zero-order valence-electron chi connectivity index (χ0n) is 16.7. The van der Waals surface area contributed by atoms with E-state index in [1.165, 1.54) is 51.9 Å². The molecule has 0 radical (unpaired) electrons. The molecule has 0 bridgehead atoms. The van der Waals surface area contributed by atoms with Crippen molar-refractivity contribution in [1.82, 2.24) is 18.4 Å². The van der Waals surface area contributed by atoms with Crippen molar-refractivity contribution in [2.75, 3.05) is 40.4 Å². The molecule has 10 nitrogen and oxygen atoms in total. The van der Waals surface area contributed by atoms with Crippen LogP contribution in [-0.2, 0) is 27.1 Å². The highest BCUT2D eigenvalue weighted by atomic mass is 32.2. The van der Waals surface area contributed by atoms with E-state index in [9.17, 15) is 16.8 Å². The Kier molecular flexibility index (Phi) is 5.90. The second kappa shape index (κ2) is 7.94. The predicted octanol–water partition coefficient (Wildman–Crippen LogP) is 0.441. The fourth-order valence-electron chi connectivity index (χ4n) is 3.15. The molecule has 12 heteroatoms. The minimum absolute atomic E-state index is 0.0508. The summed E-state index contributed by atoms with van der Waals surface area (Å²) in [6, 6.07) is 4.37. The zero-order valence-corrected chi connectivity index (χ0v) is 18.3. The second-order valence-corrected chi connectivity index (χ2v) is 10.4. The van der Waals surface area contributed by atoms with Crippen molar-refractivity contribution in [2.45, 2.75) is 16.7 Å². The Bertz CT molecular complexity index is 1100. The van der Waals surface area contributed by atoms with E-state index in [-0.39, 0.29) is 36.0 Å². The van der Waals surface area contributed by atoms with Gasteiger partial charge in [-0.25, -0.2) is 16.8 Å². The monoisotopic (exact) mass is 444 g/mol. The third-order valence-corrected chi connectivity index (χ3v) is 8.89. The summed E-state index contributed by atoms with van der Waals surface area (Å²) < 4.78 is 66.1. The summed E-state index contributed by atoms with van der Waals surface area (Å²) in [5, 5.41) is 3.98. The largest absolute Gasteiger partial charge is 0.493 e. The highest BCUT2D eigenvalue weighted by Crippen LogP contribution is 2.31. The van der Waals surface area contributed by atoms with Crippen LogP contribution < -0.4 is 9.47 Å². The molecule has 2 heterocycles. The lowest BCUT2D eigenvalue weighted by atomic mass is 10.3. The van der Waals surface area contributed by atoms with E-state index in [0.29, 0.717) is 17.2 Å². The van der Waals surface area contributed by atoms with Crippen LogP contribution in [-0.4, -0.2) is 75.6 Å². The highest BCUT2D eigenvalue weighted by molar-refractivity contribution is 7.89. The maximum Gasteiger partial charge on any atom is 0.246 e. The molecule has 0 N–H and O–H groups in total. The number of benzene rings is 1. The van der Waals surface area contributed by atoms with Gasteiger partial charge in [-0.15, -0.1) is 0 Å². The molecule has 3 rings (SSSR count). The number of nitrogens with zero attached hydrogens (tertiary/aromatic N) is 4. The molecule has 0 saturated carbocycles. The minimum Gasteiger partial charge on any atom is -0.493 e. The van der Waals surface area contributed by atoms with E-state index in [4.69, 9.17) is 9.47 Å². The Morgan fingerprint density at radius 3 is 1.93 bits per heavy atom. The summed E-state index contributed by atoms with van der Waals surface area (Å²) in [6.45, 7) is 1.90. The number of methoxy groups -OCH3 is 2. The fraction of sp³-hybridized carbons (Fsp3) is 0.471. The van der Waals surface area contributed by atoms with Gasteiger partial charge in [0.2, 0.25) is 20.0 Å². The first kappa shape index (κ1) is 21.6. The third-order valence-electron chi connectivity index (χ3n) is 5.00. The topological polar surface area (TPSA) is 111 Å². The van der Waals surface area contributed by atoms with Crippen molar-refractivity contribution in [3.05, 3.63) is 30.1 Å². The Labute approximate surface area is 170 Å². The van der Waals surface area contributed by atoms with E-state index in [1.54, 1.807) is 14.0 Å². The highest BCUT2D eigenvalue weighted by Gasteiger charge is 2.35. The first-order chi connectivity index (χ1) is 13.6. The van der Waals surface area contributed by atoms with E-state index in [2.05, 4.69) is 5.10 Å². The Morgan fingerprint density at radius 1 is 0.897 bits per heavy atom. The third kappa shape index (κ3) is 3.84. The van der Waals surface area contributed by atoms with Crippen LogP contribution in [0.1, 0.15) is 5.69 Å². The van der Waals surface area contributed by atoms with E-state index in [0.717, 1.165) is 0 Å². The van der Waals surface area contributed by atoms with Gasteiger partial charge in [-0.2, -0.15) is 13.7 Å². The molecule has 1 saturated heterocycles. The molecule has 0 amide bonds. The molecule has 160 valence electrons. The Balaban J connectivity index is 1.79. The number of sulfonamides is 2. The first-order valence-electron chi connectivity index (χ1n) is 8.84. The van der Waals surface area contributed by atoms with Gasteiger partial charge in [-0.1, -0.05) is 0 Å². The Hall–Kier alpha value is -2.15. The van der Waals surface area contributed by atoms with E-state index in [1.807, 2.05) is 0 Å². The van der Waals surface area contributed by atoms with Crippen LogP contribution in [0.25, 0.3) is 0 Å². The lowest BCUT2D eigenvalue weighted by molar-refractivity contribution is 0.272. The standard InChI is InChI=1S/C17H24N4O6S2/c1-13-17(12-18-19(13)2)29(24,25)21-9-7-20(8-10-21)28(22,23)14-5-6-15(26-3)16(11-14)27-4/h5-6,11-12H,7-10H2,1-4H3. The van der Waals surface area contributed by atoms with Gasteiger partial charge in [-0.3, -0.25) is 4.68 Å². The number of aromatic nitrogens is 2. The molecule has 1 aromatic heterocycles. The predicted molar refractivity (Wildman–Crippen MR) is 105 cm³/mol. The van der Waals surface area contributed by atoms with Crippen LogP contribution in [0, 0.1) is 6.92 Å². The van der Waals surface area contributed by atoms with Crippen molar-refractivity contribution in [3.8, 4) is 11.5 Å². The van der Waals surface area contributed by atoms with Crippen LogP contribution >= 0.6 is 0 Å². The summed E-state index contributed by atoms with van der Waals surface area (Å²) in [7, 11) is -2.97. The average molecular weight is 445 g/mol. The lowest BCUT2D eigenvalue weighted by Crippen LogP contribution is -2.50. The Morgan fingerprint density at radius 2 is 1.45 bits per heavy atom. The number of rotatable bonds is 6. The second-order valence-electron chi connectivity index (χ2n) is 6.54. The molecule has 0 spiro atoms. The molecular weight excluding hydrogens is 420 g/mol. The molecule has 2 aromatic rings. The van der Waals surface area contributed by atoms with E-state index >= 15 is 0 Å². The van der Waals surface area contributed by atoms with E-state index < -0.39 is 20.0 Å². The van der Waals surface area contributed by atoms with Crippen LogP contribution in [0.4, 0.5) is 0 Å². The maximum absolute atomic E-state index is 13.0. The number of hydrogen-bond acceptors (Lipinski definition) is 7. The van der Waals surface area contributed by atoms with Gasteiger partial charge in [0.05, 0.1) is 31.0 Å². The van der Waals surface area contributed by atoms with Gasteiger partial charge in [0.15, 0.2) is 11.5 Å². The van der Waals surface area contributed by atoms with Crippen molar-refractivity contribution < 1.29 is 26.3 Å². The van der Waals surface area contributed by atoms with Crippen molar-refractivity contribution in [1.29, 1.82) is 0 Å². The molecule has 1 aliphatic rings. The molecule has 1 aromatic carbocycles. The normalized spacial score (nSPS) is 16.7. The van der Waals surface area contributed by atoms with Gasteiger partial charge in [0.1, 0.15) is 4.90 Å². The van der Waals surface area contributed by atoms with Crippen LogP contribution in [0.2, 0.25) is 0 Å². The number of aryl methyl sites for hydroxylation is 1. The van der Waals surface area contributed by atoms with Crippen molar-refractivity contribution in [2.24, 2.45) is 7.05 Å². The lowest BCUT2D eigenvalue weighted by Gasteiger charge is -2.33. The van der Waals surface area contributed by atoms with Gasteiger partial charge < -0.3 is 9.47 Å². The molecule has 1 fully saturated rings. The summed E-state index contributed by atoms with van der Waals surface area (Å²) in [5.41, 5.74) is 0.533. The van der Waals surface area contributed by atoms with Gasteiger partial charge in [0, 0.05) is 39.3 Å². The van der Waals surface area contributed by atoms with Crippen LogP contribution in [0.15, 0.2) is 34.2 Å². The fourth-order valence-corrected chi connectivity index (χ4v) is 6.19. The minimum atomic E-state index is -3.80. The van der Waals surface area contributed by atoms with Crippen molar-refractivity contribution >= 4 is 20.0 Å². The van der Waals surface area contributed by atoms with Gasteiger partial charge >= 0.3 is 0 Å². The van der Waals surface area contributed by atoms with Crippen LogP contribution in [0.3, 0.4) is 0 Å². The maximum atomic E-state index is 13.0. The summed E-state index contributed by atoms with van der Waals surface area (Å²) in [6.07, 6.45) is 1.32. The summed E-state index contributed by atoms with van der Waals surface area (Å²) in [4.78, 5) is 0.200. The summed E-state index contributed by atoms with van der Waals surface area (Å²) >= 11 is 0.